The van der Waals surface area contributed by atoms with Crippen molar-refractivity contribution in [1.82, 2.24) is 0 Å². The molecule has 4 aromatic carbocycles. The molecule has 4 aromatic rings. The van der Waals surface area contributed by atoms with Gasteiger partial charge in [-0.3, -0.25) is 9.59 Å². The van der Waals surface area contributed by atoms with Crippen LogP contribution in [-0.4, -0.2) is 11.6 Å². The minimum absolute atomic E-state index is 0.131. The van der Waals surface area contributed by atoms with Crippen LogP contribution in [0.5, 0.6) is 0 Å². The lowest BCUT2D eigenvalue weighted by molar-refractivity contribution is 0.0947. The molecule has 4 rings (SSSR count). The van der Waals surface area contributed by atoms with Crippen LogP contribution in [0, 0.1) is 0 Å². The third-order valence-corrected chi connectivity index (χ3v) is 11.6. The van der Waals surface area contributed by atoms with E-state index in [0.29, 0.717) is 24.0 Å². The lowest BCUT2D eigenvalue weighted by Gasteiger charge is -2.17. The highest BCUT2D eigenvalue weighted by Gasteiger charge is 2.23. The smallest absolute Gasteiger partial charge is 0.164 e. The Kier molecular flexibility index (Phi) is 21.4. The van der Waals surface area contributed by atoms with Gasteiger partial charge in [-0.1, -0.05) is 183 Å². The predicted octanol–water partition coefficient (Wildman–Crippen LogP) is 17.0. The summed E-state index contributed by atoms with van der Waals surface area (Å²) in [6.07, 6.45) is 42.8. The second-order valence-electron chi connectivity index (χ2n) is 16.2. The Balaban J connectivity index is 1.24. The number of allylic oxidation sites excluding steroid dienone is 4. The number of rotatable bonds is 32. The van der Waals surface area contributed by atoms with E-state index >= 15 is 0 Å². The van der Waals surface area contributed by atoms with E-state index in [2.05, 4.69) is 80.6 Å². The van der Waals surface area contributed by atoms with Crippen LogP contribution in [0.4, 0.5) is 0 Å². The van der Waals surface area contributed by atoms with Crippen LogP contribution in [0.3, 0.4) is 0 Å². The van der Waals surface area contributed by atoms with E-state index in [0.717, 1.165) is 48.3 Å². The summed E-state index contributed by atoms with van der Waals surface area (Å²) in [7, 11) is 0. The average Bonchev–Trinajstić information content (AvgIpc) is 3.19. The lowest BCUT2D eigenvalue weighted by Crippen LogP contribution is -2.11. The predicted molar refractivity (Wildman–Crippen MR) is 238 cm³/mol. The molecule has 0 aliphatic carbocycles. The molecule has 0 aromatic heterocycles. The zero-order valence-corrected chi connectivity index (χ0v) is 34.5. The Morgan fingerprint density at radius 1 is 0.426 bits per heavy atom. The molecule has 0 bridgehead atoms. The van der Waals surface area contributed by atoms with Crippen molar-refractivity contribution in [2.45, 2.75) is 194 Å². The SMILES string of the molecule is CCCCCCCCC=CCCCCCCCC(=O)c1cc2ccc3cccc4ccc(c1C(=O)CCCCCCCC=CCCCCCCCC)c2c34. The van der Waals surface area contributed by atoms with E-state index in [4.69, 9.17) is 0 Å². The van der Waals surface area contributed by atoms with Crippen LogP contribution in [0.25, 0.3) is 32.3 Å². The summed E-state index contributed by atoms with van der Waals surface area (Å²) in [6.45, 7) is 4.55. The van der Waals surface area contributed by atoms with E-state index in [1.165, 1.54) is 151 Å². The van der Waals surface area contributed by atoms with E-state index in [-0.39, 0.29) is 11.6 Å². The van der Waals surface area contributed by atoms with Crippen molar-refractivity contribution in [2.75, 3.05) is 0 Å². The van der Waals surface area contributed by atoms with E-state index in [1.54, 1.807) is 0 Å². The van der Waals surface area contributed by atoms with Crippen molar-refractivity contribution < 1.29 is 9.59 Å². The van der Waals surface area contributed by atoms with Crippen molar-refractivity contribution >= 4 is 43.9 Å². The zero-order chi connectivity index (χ0) is 38.1. The van der Waals surface area contributed by atoms with E-state index in [1.807, 2.05) is 6.07 Å². The molecule has 0 saturated heterocycles. The molecule has 0 amide bonds. The Morgan fingerprint density at radius 2 is 0.833 bits per heavy atom. The number of carbonyl (C=O) groups is 2. The average molecular weight is 731 g/mol. The van der Waals surface area contributed by atoms with E-state index in [9.17, 15) is 9.59 Å². The number of Topliss-reactive ketones (excluding diaryl/α,β-unsaturated/α-hetero) is 2. The first-order valence-electron chi connectivity index (χ1n) is 22.7. The zero-order valence-electron chi connectivity index (χ0n) is 34.5. The topological polar surface area (TPSA) is 34.1 Å². The number of hydrogen-bond acceptors (Lipinski definition) is 2. The number of carbonyl (C=O) groups excluding carboxylic acids is 2. The minimum Gasteiger partial charge on any atom is -0.294 e. The molecule has 294 valence electrons. The second-order valence-corrected chi connectivity index (χ2v) is 16.2. The third kappa shape index (κ3) is 14.8. The van der Waals surface area contributed by atoms with Crippen molar-refractivity contribution in [3.05, 3.63) is 84.0 Å². The van der Waals surface area contributed by atoms with Gasteiger partial charge >= 0.3 is 0 Å². The maximum atomic E-state index is 14.1. The highest BCUT2D eigenvalue weighted by Crippen LogP contribution is 2.38. The minimum atomic E-state index is 0.131. The third-order valence-electron chi connectivity index (χ3n) is 11.6. The molecule has 0 aliphatic heterocycles. The summed E-state index contributed by atoms with van der Waals surface area (Å²) < 4.78 is 0. The number of unbranched alkanes of at least 4 members (excludes halogenated alkanes) is 22. The van der Waals surface area contributed by atoms with Gasteiger partial charge in [0, 0.05) is 24.0 Å². The molecule has 0 aliphatic rings. The molecule has 0 radical (unpaired) electrons. The molecule has 54 heavy (non-hydrogen) atoms. The molecule has 0 spiro atoms. The molecule has 0 saturated carbocycles. The van der Waals surface area contributed by atoms with Crippen molar-refractivity contribution in [3.8, 4) is 0 Å². The Hall–Kier alpha value is -3.26. The summed E-state index contributed by atoms with van der Waals surface area (Å²) in [4.78, 5) is 28.0. The molecule has 2 nitrogen and oxygen atoms in total. The number of ketones is 2. The van der Waals surface area contributed by atoms with Crippen LogP contribution in [0.2, 0.25) is 0 Å². The second kappa shape index (κ2) is 26.5. The van der Waals surface area contributed by atoms with Gasteiger partial charge in [0.05, 0.1) is 0 Å². The first-order chi connectivity index (χ1) is 26.7. The van der Waals surface area contributed by atoms with Gasteiger partial charge in [-0.15, -0.1) is 0 Å². The molecule has 0 atom stereocenters. The maximum Gasteiger partial charge on any atom is 0.164 e. The molecule has 0 heterocycles. The van der Waals surface area contributed by atoms with Crippen molar-refractivity contribution in [3.63, 3.8) is 0 Å². The standard InChI is InChI=1S/C52H74O2/c1-3-5-7-9-11-13-15-17-19-21-23-25-27-29-31-36-48(53)47-42-45-39-38-43-34-33-35-44-40-41-46(51(45)50(43)44)52(47)49(54)37-32-30-28-26-24-22-20-18-16-14-12-10-8-6-4-2/h17-20,33-35,38-42H,3-16,21-32,36-37H2,1-2H3. The number of hydrogen-bond donors (Lipinski definition) is 0. The van der Waals surface area contributed by atoms with Gasteiger partial charge in [-0.2, -0.15) is 0 Å². The highest BCUT2D eigenvalue weighted by molar-refractivity contribution is 6.29. The summed E-state index contributed by atoms with van der Waals surface area (Å²) >= 11 is 0. The Morgan fingerprint density at radius 3 is 1.33 bits per heavy atom. The summed E-state index contributed by atoms with van der Waals surface area (Å²) in [5.41, 5.74) is 1.32. The largest absolute Gasteiger partial charge is 0.294 e. The van der Waals surface area contributed by atoms with Crippen LogP contribution in [0.15, 0.2) is 72.8 Å². The van der Waals surface area contributed by atoms with Gasteiger partial charge in [0.15, 0.2) is 11.6 Å². The van der Waals surface area contributed by atoms with Gasteiger partial charge in [0.1, 0.15) is 0 Å². The van der Waals surface area contributed by atoms with Crippen LogP contribution in [0.1, 0.15) is 214 Å². The maximum absolute atomic E-state index is 14.1. The normalized spacial score (nSPS) is 12.1. The molecule has 0 N–H and O–H groups in total. The fourth-order valence-electron chi connectivity index (χ4n) is 8.30. The van der Waals surface area contributed by atoms with Gasteiger partial charge in [0.25, 0.3) is 0 Å². The van der Waals surface area contributed by atoms with Gasteiger partial charge in [-0.25, -0.2) is 0 Å². The van der Waals surface area contributed by atoms with Gasteiger partial charge in [0.2, 0.25) is 0 Å². The molecular formula is C52H74O2. The van der Waals surface area contributed by atoms with Crippen LogP contribution >= 0.6 is 0 Å². The molecule has 2 heteroatoms. The number of benzene rings is 4. The Bertz CT molecular complexity index is 1670. The molecule has 0 fully saturated rings. The fourth-order valence-corrected chi connectivity index (χ4v) is 8.30. The molecular weight excluding hydrogens is 657 g/mol. The highest BCUT2D eigenvalue weighted by atomic mass is 16.1. The van der Waals surface area contributed by atoms with Crippen molar-refractivity contribution in [1.29, 1.82) is 0 Å². The quantitative estimate of drug-likeness (QED) is 0.0217. The van der Waals surface area contributed by atoms with Gasteiger partial charge in [-0.05, 0) is 103 Å². The lowest BCUT2D eigenvalue weighted by atomic mass is 9.85. The van der Waals surface area contributed by atoms with E-state index < -0.39 is 0 Å². The van der Waals surface area contributed by atoms with Crippen molar-refractivity contribution in [2.24, 2.45) is 0 Å². The summed E-state index contributed by atoms with van der Waals surface area (Å²) in [6, 6.07) is 17.0. The Labute approximate surface area is 330 Å². The summed E-state index contributed by atoms with van der Waals surface area (Å²) in [5, 5.41) is 6.75. The molecule has 0 unspecified atom stereocenters. The van der Waals surface area contributed by atoms with Crippen LogP contribution in [-0.2, 0) is 0 Å². The first-order valence-corrected chi connectivity index (χ1v) is 22.7. The monoisotopic (exact) mass is 731 g/mol. The summed E-state index contributed by atoms with van der Waals surface area (Å²) in [5.74, 6) is 0.268. The first kappa shape index (κ1) is 43.5. The fraction of sp³-hybridized carbons (Fsp3) is 0.577. The van der Waals surface area contributed by atoms with Crippen LogP contribution < -0.4 is 0 Å². The van der Waals surface area contributed by atoms with Gasteiger partial charge < -0.3 is 0 Å².